The van der Waals surface area contributed by atoms with Crippen molar-refractivity contribution in [2.75, 3.05) is 24.6 Å². The van der Waals surface area contributed by atoms with Crippen molar-refractivity contribution in [1.82, 2.24) is 4.31 Å². The van der Waals surface area contributed by atoms with E-state index in [9.17, 15) is 16.8 Å². The first kappa shape index (κ1) is 14.2. The maximum Gasteiger partial charge on any atom is 0.217 e. The molecule has 106 valence electrons. The third-order valence-corrected chi connectivity index (χ3v) is 7.78. The molecule has 0 bridgehead atoms. The smallest absolute Gasteiger partial charge is 0.217 e. The summed E-state index contributed by atoms with van der Waals surface area (Å²) in [4.78, 5) is 0. The molecule has 8 heteroatoms. The van der Waals surface area contributed by atoms with Gasteiger partial charge in [0, 0.05) is 19.1 Å². The molecule has 2 fully saturated rings. The van der Waals surface area contributed by atoms with E-state index in [1.165, 1.54) is 4.31 Å². The number of sulfone groups is 1. The third kappa shape index (κ3) is 3.04. The van der Waals surface area contributed by atoms with E-state index >= 15 is 0 Å². The van der Waals surface area contributed by atoms with Crippen molar-refractivity contribution in [1.29, 1.82) is 0 Å². The van der Waals surface area contributed by atoms with Crippen molar-refractivity contribution in [3.05, 3.63) is 0 Å². The number of rotatable bonds is 2. The van der Waals surface area contributed by atoms with Gasteiger partial charge in [0.2, 0.25) is 10.0 Å². The lowest BCUT2D eigenvalue weighted by Gasteiger charge is -2.34. The Morgan fingerprint density at radius 1 is 1.11 bits per heavy atom. The van der Waals surface area contributed by atoms with Gasteiger partial charge in [-0.3, -0.25) is 0 Å². The SMILES string of the molecule is N[C@@H]1CCCN(S(=O)(=O)C2CCS(=O)(=O)CC2)C1. The van der Waals surface area contributed by atoms with Gasteiger partial charge in [-0.1, -0.05) is 0 Å². The average Bonchev–Trinajstić information content (AvgIpc) is 2.28. The molecule has 0 saturated carbocycles. The minimum atomic E-state index is -3.38. The predicted octanol–water partition coefficient (Wildman–Crippen LogP) is -0.683. The van der Waals surface area contributed by atoms with E-state index in [-0.39, 0.29) is 30.4 Å². The maximum atomic E-state index is 12.4. The third-order valence-electron chi connectivity index (χ3n) is 3.70. The van der Waals surface area contributed by atoms with E-state index in [0.29, 0.717) is 13.1 Å². The molecule has 0 spiro atoms. The summed E-state index contributed by atoms with van der Waals surface area (Å²) in [7, 11) is -6.40. The largest absolute Gasteiger partial charge is 0.327 e. The summed E-state index contributed by atoms with van der Waals surface area (Å²) in [6.07, 6.45) is 2.07. The van der Waals surface area contributed by atoms with Gasteiger partial charge in [0.15, 0.2) is 0 Å². The van der Waals surface area contributed by atoms with Gasteiger partial charge in [-0.2, -0.15) is 0 Å². The van der Waals surface area contributed by atoms with Gasteiger partial charge in [-0.05, 0) is 25.7 Å². The minimum absolute atomic E-state index is 0.0171. The molecule has 2 aliphatic rings. The Hall–Kier alpha value is -0.180. The normalized spacial score (nSPS) is 31.3. The molecular formula is C10H20N2O4S2. The zero-order valence-corrected chi connectivity index (χ0v) is 11.9. The van der Waals surface area contributed by atoms with Crippen LogP contribution in [0.4, 0.5) is 0 Å². The van der Waals surface area contributed by atoms with Crippen LogP contribution in [0.25, 0.3) is 0 Å². The van der Waals surface area contributed by atoms with E-state index in [0.717, 1.165) is 12.8 Å². The summed E-state index contributed by atoms with van der Waals surface area (Å²) in [5.74, 6) is -0.0341. The van der Waals surface area contributed by atoms with Gasteiger partial charge in [0.05, 0.1) is 16.8 Å². The molecule has 0 radical (unpaired) electrons. The zero-order valence-electron chi connectivity index (χ0n) is 10.3. The van der Waals surface area contributed by atoms with Crippen LogP contribution >= 0.6 is 0 Å². The standard InChI is InChI=1S/C10H20N2O4S2/c11-9-2-1-5-12(8-9)18(15,16)10-3-6-17(13,14)7-4-10/h9-10H,1-8,11H2/t9-/m1/s1. The Kier molecular flexibility index (Phi) is 4.01. The number of hydrogen-bond donors (Lipinski definition) is 1. The molecule has 1 atom stereocenters. The van der Waals surface area contributed by atoms with Crippen LogP contribution < -0.4 is 5.73 Å². The summed E-state index contributed by atoms with van der Waals surface area (Å²) in [6, 6.07) is -0.0964. The minimum Gasteiger partial charge on any atom is -0.327 e. The van der Waals surface area contributed by atoms with Crippen LogP contribution in [0.1, 0.15) is 25.7 Å². The monoisotopic (exact) mass is 296 g/mol. The molecule has 6 nitrogen and oxygen atoms in total. The summed E-state index contributed by atoms with van der Waals surface area (Å²) in [5, 5.41) is -0.550. The zero-order chi connectivity index (χ0) is 13.4. The summed E-state index contributed by atoms with van der Waals surface area (Å²) in [6.45, 7) is 0.880. The molecule has 2 aliphatic heterocycles. The molecule has 2 rings (SSSR count). The van der Waals surface area contributed by atoms with E-state index in [4.69, 9.17) is 5.73 Å². The fraction of sp³-hybridized carbons (Fsp3) is 1.00. The van der Waals surface area contributed by atoms with Gasteiger partial charge in [-0.25, -0.2) is 21.1 Å². The van der Waals surface area contributed by atoms with Crippen molar-refractivity contribution in [2.45, 2.75) is 37.0 Å². The van der Waals surface area contributed by atoms with E-state index in [1.54, 1.807) is 0 Å². The van der Waals surface area contributed by atoms with Crippen LogP contribution in [0.3, 0.4) is 0 Å². The lowest BCUT2D eigenvalue weighted by molar-refractivity contribution is 0.311. The first-order valence-electron chi connectivity index (χ1n) is 6.26. The lowest BCUT2D eigenvalue weighted by atomic mass is 10.1. The molecule has 0 aromatic heterocycles. The number of nitrogens with zero attached hydrogens (tertiary/aromatic N) is 1. The number of sulfonamides is 1. The van der Waals surface area contributed by atoms with Crippen molar-refractivity contribution >= 4 is 19.9 Å². The highest BCUT2D eigenvalue weighted by atomic mass is 32.2. The van der Waals surface area contributed by atoms with Crippen molar-refractivity contribution < 1.29 is 16.8 Å². The van der Waals surface area contributed by atoms with Crippen LogP contribution in [0, 0.1) is 0 Å². The van der Waals surface area contributed by atoms with E-state index in [2.05, 4.69) is 0 Å². The number of hydrogen-bond acceptors (Lipinski definition) is 5. The Morgan fingerprint density at radius 2 is 1.72 bits per heavy atom. The fourth-order valence-electron chi connectivity index (χ4n) is 2.58. The van der Waals surface area contributed by atoms with Crippen LogP contribution in [0.5, 0.6) is 0 Å². The molecule has 0 amide bonds. The molecule has 2 saturated heterocycles. The Morgan fingerprint density at radius 3 is 2.28 bits per heavy atom. The fourth-order valence-corrected chi connectivity index (χ4v) is 6.41. The van der Waals surface area contributed by atoms with E-state index in [1.807, 2.05) is 0 Å². The molecule has 0 aromatic rings. The van der Waals surface area contributed by atoms with Crippen molar-refractivity contribution in [3.63, 3.8) is 0 Å². The highest BCUT2D eigenvalue weighted by Gasteiger charge is 2.37. The van der Waals surface area contributed by atoms with Gasteiger partial charge in [0.25, 0.3) is 0 Å². The van der Waals surface area contributed by atoms with Gasteiger partial charge in [0.1, 0.15) is 9.84 Å². The summed E-state index contributed by atoms with van der Waals surface area (Å²) < 4.78 is 48.8. The Labute approximate surface area is 108 Å². The first-order chi connectivity index (χ1) is 8.31. The predicted molar refractivity (Wildman–Crippen MR) is 69.4 cm³/mol. The molecule has 2 heterocycles. The second kappa shape index (κ2) is 5.07. The molecule has 0 aliphatic carbocycles. The molecular weight excluding hydrogens is 276 g/mol. The Bertz CT molecular complexity index is 486. The van der Waals surface area contributed by atoms with Gasteiger partial charge in [-0.15, -0.1) is 0 Å². The number of nitrogens with two attached hydrogens (primary N) is 1. The van der Waals surface area contributed by atoms with Crippen LogP contribution in [-0.4, -0.2) is 57.0 Å². The molecule has 18 heavy (non-hydrogen) atoms. The Balaban J connectivity index is 2.07. The summed E-state index contributed by atoms with van der Waals surface area (Å²) in [5.41, 5.74) is 5.79. The molecule has 2 N–H and O–H groups in total. The second-order valence-corrected chi connectivity index (χ2v) is 9.67. The lowest BCUT2D eigenvalue weighted by Crippen LogP contribution is -2.50. The van der Waals surface area contributed by atoms with Crippen LogP contribution in [0.2, 0.25) is 0 Å². The highest BCUT2D eigenvalue weighted by molar-refractivity contribution is 7.92. The maximum absolute atomic E-state index is 12.4. The topological polar surface area (TPSA) is 97.5 Å². The van der Waals surface area contributed by atoms with Gasteiger partial charge >= 0.3 is 0 Å². The van der Waals surface area contributed by atoms with Gasteiger partial charge < -0.3 is 5.73 Å². The second-order valence-electron chi connectivity index (χ2n) is 5.16. The quantitative estimate of drug-likeness (QED) is 0.728. The van der Waals surface area contributed by atoms with Crippen LogP contribution in [0.15, 0.2) is 0 Å². The van der Waals surface area contributed by atoms with Crippen LogP contribution in [-0.2, 0) is 19.9 Å². The first-order valence-corrected chi connectivity index (χ1v) is 9.59. The highest BCUT2D eigenvalue weighted by Crippen LogP contribution is 2.24. The molecule has 0 aromatic carbocycles. The summed E-state index contributed by atoms with van der Waals surface area (Å²) >= 11 is 0. The van der Waals surface area contributed by atoms with Crippen molar-refractivity contribution in [3.8, 4) is 0 Å². The number of piperidine rings is 1. The average molecular weight is 296 g/mol. The molecule has 0 unspecified atom stereocenters. The van der Waals surface area contributed by atoms with Crippen molar-refractivity contribution in [2.24, 2.45) is 5.73 Å². The van der Waals surface area contributed by atoms with E-state index < -0.39 is 25.1 Å².